The van der Waals surface area contributed by atoms with Crippen molar-refractivity contribution in [3.8, 4) is 0 Å². The van der Waals surface area contributed by atoms with Gasteiger partial charge in [-0.25, -0.2) is 0 Å². The first-order chi connectivity index (χ1) is 16.5. The SMILES string of the molecule is C1CCNC1.C1CCNCC1.C1CCOC1.C1CCOCC1.C1CCSC1.C1CCSCC1. The van der Waals surface area contributed by atoms with Crippen LogP contribution in [0.2, 0.25) is 0 Å². The van der Waals surface area contributed by atoms with Crippen molar-refractivity contribution in [2.24, 2.45) is 0 Å². The fourth-order valence-electron chi connectivity index (χ4n) is 3.82. The lowest BCUT2D eigenvalue weighted by atomic mass is 10.2. The van der Waals surface area contributed by atoms with Gasteiger partial charge in [0.15, 0.2) is 0 Å². The first-order valence-electron chi connectivity index (χ1n) is 14.2. The molecule has 0 aromatic heterocycles. The van der Waals surface area contributed by atoms with Crippen molar-refractivity contribution >= 4 is 23.5 Å². The molecule has 0 aromatic rings. The van der Waals surface area contributed by atoms with Gasteiger partial charge in [0.05, 0.1) is 0 Å². The highest BCUT2D eigenvalue weighted by atomic mass is 32.2. The summed E-state index contributed by atoms with van der Waals surface area (Å²) < 4.78 is 10.0. The van der Waals surface area contributed by atoms with Gasteiger partial charge in [-0.15, -0.1) is 0 Å². The Labute approximate surface area is 215 Å². The molecule has 0 spiro atoms. The molecule has 198 valence electrons. The van der Waals surface area contributed by atoms with Crippen LogP contribution in [0, 0.1) is 0 Å². The van der Waals surface area contributed by atoms with Crippen LogP contribution in [0.5, 0.6) is 0 Å². The molecule has 0 radical (unpaired) electrons. The number of ether oxygens (including phenoxy) is 2. The Bertz CT molecular complexity index is 231. The van der Waals surface area contributed by atoms with E-state index in [2.05, 4.69) is 34.2 Å². The molecule has 33 heavy (non-hydrogen) atoms. The van der Waals surface area contributed by atoms with Crippen molar-refractivity contribution in [3.05, 3.63) is 0 Å². The second kappa shape index (κ2) is 28.8. The molecule has 6 aliphatic rings. The molecule has 6 rings (SSSR count). The van der Waals surface area contributed by atoms with Gasteiger partial charge in [0.1, 0.15) is 0 Å². The van der Waals surface area contributed by atoms with E-state index in [9.17, 15) is 0 Å². The highest BCUT2D eigenvalue weighted by molar-refractivity contribution is 7.99. The van der Waals surface area contributed by atoms with Gasteiger partial charge in [0.2, 0.25) is 0 Å². The van der Waals surface area contributed by atoms with E-state index in [-0.39, 0.29) is 0 Å². The van der Waals surface area contributed by atoms with E-state index in [0.717, 1.165) is 26.4 Å². The highest BCUT2D eigenvalue weighted by Crippen LogP contribution is 2.15. The zero-order valence-corrected chi connectivity index (χ0v) is 23.4. The summed E-state index contributed by atoms with van der Waals surface area (Å²) >= 11 is 4.17. The third kappa shape index (κ3) is 27.0. The van der Waals surface area contributed by atoms with E-state index >= 15 is 0 Å². The molecule has 0 aromatic carbocycles. The van der Waals surface area contributed by atoms with Gasteiger partial charge in [0, 0.05) is 26.4 Å². The zero-order valence-electron chi connectivity index (χ0n) is 21.7. The third-order valence-electron chi connectivity index (χ3n) is 5.97. The Hall–Kier alpha value is 0.540. The van der Waals surface area contributed by atoms with E-state index in [1.54, 1.807) is 0 Å². The van der Waals surface area contributed by atoms with Crippen LogP contribution in [0.1, 0.15) is 96.3 Å². The minimum Gasteiger partial charge on any atom is -0.381 e. The lowest BCUT2D eigenvalue weighted by Gasteiger charge is -2.08. The van der Waals surface area contributed by atoms with E-state index in [1.165, 1.54) is 146 Å². The fourth-order valence-corrected chi connectivity index (χ4v) is 5.86. The molecule has 6 heteroatoms. The monoisotopic (exact) mass is 504 g/mol. The first kappa shape index (κ1) is 31.6. The molecule has 0 amide bonds. The normalized spacial score (nSPS) is 24.0. The maximum Gasteiger partial charge on any atom is 0.0466 e. The van der Waals surface area contributed by atoms with Gasteiger partial charge in [-0.2, -0.15) is 23.5 Å². The van der Waals surface area contributed by atoms with Gasteiger partial charge in [0.25, 0.3) is 0 Å². The van der Waals surface area contributed by atoms with Crippen LogP contribution >= 0.6 is 23.5 Å². The van der Waals surface area contributed by atoms with Crippen molar-refractivity contribution < 1.29 is 9.47 Å². The summed E-state index contributed by atoms with van der Waals surface area (Å²) in [6, 6.07) is 0. The standard InChI is InChI=1S/C5H11N.C5H10O.C5H10S.C4H9N.C4H8O.C4H8S/c3*1-2-4-6-5-3-1;3*1-2-4-5-3-1/h6H,1-5H2;2*1-5H2;5H,1-4H2;2*1-4H2. The number of rotatable bonds is 0. The van der Waals surface area contributed by atoms with Gasteiger partial charge in [-0.3, -0.25) is 0 Å². The van der Waals surface area contributed by atoms with Gasteiger partial charge in [-0.1, -0.05) is 12.8 Å². The largest absolute Gasteiger partial charge is 0.381 e. The van der Waals surface area contributed by atoms with Crippen LogP contribution < -0.4 is 10.6 Å². The Balaban J connectivity index is 0.000000198. The van der Waals surface area contributed by atoms with Crippen molar-refractivity contribution in [3.63, 3.8) is 0 Å². The van der Waals surface area contributed by atoms with E-state index in [0.29, 0.717) is 0 Å². The summed E-state index contributed by atoms with van der Waals surface area (Å²) in [5.74, 6) is 5.67. The van der Waals surface area contributed by atoms with Crippen molar-refractivity contribution in [2.45, 2.75) is 96.3 Å². The predicted molar refractivity (Wildman–Crippen MR) is 151 cm³/mol. The summed E-state index contributed by atoms with van der Waals surface area (Å²) in [5, 5.41) is 6.51. The van der Waals surface area contributed by atoms with Gasteiger partial charge in [-0.05, 0) is 133 Å². The van der Waals surface area contributed by atoms with Crippen molar-refractivity contribution in [1.29, 1.82) is 0 Å². The molecule has 6 aliphatic heterocycles. The maximum atomic E-state index is 5.07. The Kier molecular flexibility index (Phi) is 27.5. The zero-order chi connectivity index (χ0) is 23.3. The number of hydrogen-bond donors (Lipinski definition) is 2. The summed E-state index contributed by atoms with van der Waals surface area (Å²) in [6.07, 6.45) is 20.8. The summed E-state index contributed by atoms with van der Waals surface area (Å²) in [5.41, 5.74) is 0. The third-order valence-corrected chi connectivity index (χ3v) is 8.28. The average molecular weight is 505 g/mol. The molecule has 0 atom stereocenters. The second-order valence-electron chi connectivity index (χ2n) is 9.25. The maximum absolute atomic E-state index is 5.07. The summed E-state index contributed by atoms with van der Waals surface area (Å²) in [6.45, 7) is 9.00. The molecule has 4 nitrogen and oxygen atoms in total. The summed E-state index contributed by atoms with van der Waals surface area (Å²) in [7, 11) is 0. The second-order valence-corrected chi connectivity index (χ2v) is 11.7. The average Bonchev–Trinajstić information content (AvgIpc) is 3.76. The Morgan fingerprint density at radius 2 is 0.636 bits per heavy atom. The fraction of sp³-hybridized carbons (Fsp3) is 1.00. The lowest BCUT2D eigenvalue weighted by Crippen LogP contribution is -2.21. The number of piperidine rings is 1. The molecule has 0 aliphatic carbocycles. The molecule has 6 fully saturated rings. The van der Waals surface area contributed by atoms with Gasteiger partial charge < -0.3 is 20.1 Å². The van der Waals surface area contributed by atoms with E-state index in [1.807, 2.05) is 0 Å². The lowest BCUT2D eigenvalue weighted by molar-refractivity contribution is 0.0968. The van der Waals surface area contributed by atoms with Crippen molar-refractivity contribution in [1.82, 2.24) is 10.6 Å². The van der Waals surface area contributed by atoms with Crippen LogP contribution in [0.4, 0.5) is 0 Å². The topological polar surface area (TPSA) is 42.5 Å². The molecule has 6 saturated heterocycles. The first-order valence-corrected chi connectivity index (χ1v) is 16.5. The molecule has 0 saturated carbocycles. The van der Waals surface area contributed by atoms with Crippen LogP contribution in [0.3, 0.4) is 0 Å². The predicted octanol–water partition coefficient (Wildman–Crippen LogP) is 6.53. The number of thioether (sulfide) groups is 2. The molecule has 0 bridgehead atoms. The highest BCUT2D eigenvalue weighted by Gasteiger charge is 1.97. The smallest absolute Gasteiger partial charge is 0.0466 e. The van der Waals surface area contributed by atoms with Crippen LogP contribution in [-0.4, -0.2) is 75.6 Å². The van der Waals surface area contributed by atoms with Crippen LogP contribution in [-0.2, 0) is 9.47 Å². The summed E-state index contributed by atoms with van der Waals surface area (Å²) in [4.78, 5) is 0. The molecule has 2 N–H and O–H groups in total. The Morgan fingerprint density at radius 1 is 0.333 bits per heavy atom. The van der Waals surface area contributed by atoms with Crippen LogP contribution in [0.25, 0.3) is 0 Å². The molecule has 0 unspecified atom stereocenters. The van der Waals surface area contributed by atoms with E-state index < -0.39 is 0 Å². The quantitative estimate of drug-likeness (QED) is 0.391. The Morgan fingerprint density at radius 3 is 0.818 bits per heavy atom. The van der Waals surface area contributed by atoms with E-state index in [4.69, 9.17) is 9.47 Å². The van der Waals surface area contributed by atoms with Gasteiger partial charge >= 0.3 is 0 Å². The molecular formula is C27H56N2O2S2. The number of nitrogens with one attached hydrogen (secondary N) is 2. The minimum atomic E-state index is 1.00. The number of hydrogen-bond acceptors (Lipinski definition) is 6. The molecular weight excluding hydrogens is 448 g/mol. The van der Waals surface area contributed by atoms with Crippen LogP contribution in [0.15, 0.2) is 0 Å². The van der Waals surface area contributed by atoms with Crippen molar-refractivity contribution in [2.75, 3.05) is 75.6 Å². The minimum absolute atomic E-state index is 1.00. The molecule has 6 heterocycles.